The quantitative estimate of drug-likeness (QED) is 0.0714. The molecule has 0 radical (unpaired) electrons. The molecule has 0 aromatic carbocycles. The van der Waals surface area contributed by atoms with Crippen LogP contribution in [0.5, 0.6) is 0 Å². The van der Waals surface area contributed by atoms with Crippen LogP contribution >= 0.6 is 7.82 Å². The normalized spacial score (nSPS) is 12.4. The lowest BCUT2D eigenvalue weighted by Gasteiger charge is -2.41. The van der Waals surface area contributed by atoms with Crippen molar-refractivity contribution < 1.29 is 46.7 Å². The first-order chi connectivity index (χ1) is 16.3. The standard InChI is InChI=1S/C24H39O10P/c1-10-19(25)29-22(13-4,14-5)32-35(28,33-23(15-6,16-7)30-20(26)11-2)34-24(17-8,18-9)31-21(27)12-3/h10-12H,1-3,13-18H2,4-9H3. The highest BCUT2D eigenvalue weighted by molar-refractivity contribution is 7.48. The molecule has 0 aliphatic heterocycles. The summed E-state index contributed by atoms with van der Waals surface area (Å²) in [5, 5.41) is 0. The molecule has 10 nitrogen and oxygen atoms in total. The van der Waals surface area contributed by atoms with Gasteiger partial charge < -0.3 is 14.2 Å². The summed E-state index contributed by atoms with van der Waals surface area (Å²) in [6.07, 6.45) is 3.09. The van der Waals surface area contributed by atoms with E-state index in [1.54, 1.807) is 41.5 Å². The smallest absolute Gasteiger partial charge is 0.429 e. The zero-order valence-corrected chi connectivity index (χ0v) is 22.5. The molecule has 200 valence electrons. The first-order valence-electron chi connectivity index (χ1n) is 11.6. The van der Waals surface area contributed by atoms with Crippen LogP contribution in [0.15, 0.2) is 38.0 Å². The van der Waals surface area contributed by atoms with Crippen LogP contribution in [0, 0.1) is 0 Å². The number of rotatable bonds is 18. The van der Waals surface area contributed by atoms with Gasteiger partial charge in [-0.2, -0.15) is 0 Å². The minimum atomic E-state index is -4.82. The van der Waals surface area contributed by atoms with E-state index in [1.165, 1.54) is 0 Å². The maximum absolute atomic E-state index is 14.3. The van der Waals surface area contributed by atoms with Crippen molar-refractivity contribution in [2.24, 2.45) is 0 Å². The van der Waals surface area contributed by atoms with Crippen molar-refractivity contribution >= 4 is 25.7 Å². The fraction of sp³-hybridized carbons (Fsp3) is 0.625. The Balaban J connectivity index is 6.78. The van der Waals surface area contributed by atoms with Crippen LogP contribution in [0.3, 0.4) is 0 Å². The molecule has 0 N–H and O–H groups in total. The molecule has 0 saturated carbocycles. The average molecular weight is 519 g/mol. The van der Waals surface area contributed by atoms with Crippen LogP contribution in [0.25, 0.3) is 0 Å². The van der Waals surface area contributed by atoms with Crippen LogP contribution in [-0.2, 0) is 46.7 Å². The van der Waals surface area contributed by atoms with Gasteiger partial charge in [-0.25, -0.2) is 32.5 Å². The van der Waals surface area contributed by atoms with Crippen molar-refractivity contribution in [2.45, 2.75) is 97.4 Å². The molecule has 0 aliphatic carbocycles. The molecule has 0 aromatic heterocycles. The van der Waals surface area contributed by atoms with Crippen LogP contribution in [0.1, 0.15) is 80.1 Å². The molecule has 0 heterocycles. The van der Waals surface area contributed by atoms with E-state index in [2.05, 4.69) is 19.7 Å². The minimum Gasteiger partial charge on any atom is -0.429 e. The number of hydrogen-bond donors (Lipinski definition) is 0. The van der Waals surface area contributed by atoms with E-state index in [0.29, 0.717) is 0 Å². The summed E-state index contributed by atoms with van der Waals surface area (Å²) in [6, 6.07) is 0. The summed E-state index contributed by atoms with van der Waals surface area (Å²) < 4.78 is 48.0. The fourth-order valence-corrected chi connectivity index (χ4v) is 5.19. The Kier molecular flexibility index (Phi) is 13.4. The fourth-order valence-electron chi connectivity index (χ4n) is 2.97. The zero-order chi connectivity index (χ0) is 27.3. The van der Waals surface area contributed by atoms with E-state index < -0.39 is 43.1 Å². The van der Waals surface area contributed by atoms with Crippen molar-refractivity contribution in [3.8, 4) is 0 Å². The molecule has 0 bridgehead atoms. The summed E-state index contributed by atoms with van der Waals surface area (Å²) in [5.41, 5.74) is 0. The number of esters is 3. The zero-order valence-electron chi connectivity index (χ0n) is 21.6. The number of phosphoric ester groups is 1. The molecular formula is C24H39O10P. The van der Waals surface area contributed by atoms with Crippen LogP contribution in [-0.4, -0.2) is 35.3 Å². The second kappa shape index (κ2) is 14.3. The molecule has 0 spiro atoms. The lowest BCUT2D eigenvalue weighted by Crippen LogP contribution is -2.43. The lowest BCUT2D eigenvalue weighted by atomic mass is 10.1. The van der Waals surface area contributed by atoms with Gasteiger partial charge in [0.1, 0.15) is 0 Å². The van der Waals surface area contributed by atoms with Gasteiger partial charge in [-0.3, -0.25) is 0 Å². The third-order valence-electron chi connectivity index (χ3n) is 5.43. The van der Waals surface area contributed by atoms with Gasteiger partial charge in [-0.1, -0.05) is 61.3 Å². The molecule has 0 amide bonds. The molecule has 0 unspecified atom stereocenters. The third-order valence-corrected chi connectivity index (χ3v) is 7.10. The SMILES string of the molecule is C=CC(=O)OC(CC)(CC)OP(=O)(OC(CC)(CC)OC(=O)C=C)OC(CC)(CC)OC(=O)C=C. The first kappa shape index (κ1) is 32.7. The second-order valence-corrected chi connectivity index (χ2v) is 8.89. The van der Waals surface area contributed by atoms with Gasteiger partial charge in [-0.05, 0) is 0 Å². The predicted molar refractivity (Wildman–Crippen MR) is 130 cm³/mol. The van der Waals surface area contributed by atoms with Crippen LogP contribution in [0.2, 0.25) is 0 Å². The summed E-state index contributed by atoms with van der Waals surface area (Å²) >= 11 is 0. The molecular weight excluding hydrogens is 479 g/mol. The van der Waals surface area contributed by atoms with E-state index in [0.717, 1.165) is 18.2 Å². The van der Waals surface area contributed by atoms with Gasteiger partial charge in [0.25, 0.3) is 0 Å². The molecule has 0 fully saturated rings. The van der Waals surface area contributed by atoms with Gasteiger partial charge in [0, 0.05) is 56.8 Å². The van der Waals surface area contributed by atoms with E-state index in [1.807, 2.05) is 0 Å². The van der Waals surface area contributed by atoms with Crippen molar-refractivity contribution in [2.75, 3.05) is 0 Å². The van der Waals surface area contributed by atoms with E-state index in [9.17, 15) is 18.9 Å². The number of phosphoric acid groups is 1. The number of hydrogen-bond acceptors (Lipinski definition) is 10. The maximum Gasteiger partial charge on any atom is 0.484 e. The van der Waals surface area contributed by atoms with E-state index in [4.69, 9.17) is 27.8 Å². The first-order valence-corrected chi connectivity index (χ1v) is 13.1. The summed E-state index contributed by atoms with van der Waals surface area (Å²) in [4.78, 5) is 36.1. The Labute approximate surface area is 208 Å². The van der Waals surface area contributed by atoms with Crippen molar-refractivity contribution in [3.05, 3.63) is 38.0 Å². The molecule has 35 heavy (non-hydrogen) atoms. The Bertz CT molecular complexity index is 703. The predicted octanol–water partition coefficient (Wildman–Crippen LogP) is 5.88. The molecule has 0 aliphatic rings. The maximum atomic E-state index is 14.3. The van der Waals surface area contributed by atoms with Gasteiger partial charge in [-0.15, -0.1) is 0 Å². The highest BCUT2D eigenvalue weighted by atomic mass is 31.2. The topological polar surface area (TPSA) is 124 Å². The largest absolute Gasteiger partial charge is 0.484 e. The monoisotopic (exact) mass is 518 g/mol. The highest BCUT2D eigenvalue weighted by Gasteiger charge is 2.52. The molecule has 0 atom stereocenters. The van der Waals surface area contributed by atoms with Gasteiger partial charge in [0.15, 0.2) is 0 Å². The Hall–Kier alpha value is -2.26. The molecule has 0 saturated heterocycles. The Morgan fingerprint density at radius 1 is 0.571 bits per heavy atom. The lowest BCUT2D eigenvalue weighted by molar-refractivity contribution is -0.244. The van der Waals surface area contributed by atoms with Gasteiger partial charge >= 0.3 is 25.7 Å². The van der Waals surface area contributed by atoms with Crippen molar-refractivity contribution in [1.82, 2.24) is 0 Å². The van der Waals surface area contributed by atoms with E-state index in [-0.39, 0.29) is 38.5 Å². The second-order valence-electron chi connectivity index (χ2n) is 7.45. The summed E-state index contributed by atoms with van der Waals surface area (Å²) in [6.45, 7) is 19.9. The molecule has 0 aromatic rings. The average Bonchev–Trinajstić information content (AvgIpc) is 2.86. The van der Waals surface area contributed by atoms with Crippen LogP contribution in [0.4, 0.5) is 0 Å². The van der Waals surface area contributed by atoms with Crippen molar-refractivity contribution in [1.29, 1.82) is 0 Å². The Morgan fingerprint density at radius 3 is 0.914 bits per heavy atom. The number of carbonyl (C=O) groups is 3. The summed E-state index contributed by atoms with van der Waals surface area (Å²) in [5.74, 6) is -7.76. The highest BCUT2D eigenvalue weighted by Crippen LogP contribution is 2.61. The third kappa shape index (κ3) is 9.37. The molecule has 11 heteroatoms. The van der Waals surface area contributed by atoms with Gasteiger partial charge in [0.05, 0.1) is 0 Å². The number of ether oxygens (including phenoxy) is 3. The number of carbonyl (C=O) groups excluding carboxylic acids is 3. The van der Waals surface area contributed by atoms with E-state index >= 15 is 0 Å². The Morgan fingerprint density at radius 2 is 0.771 bits per heavy atom. The van der Waals surface area contributed by atoms with Gasteiger partial charge in [0.2, 0.25) is 17.4 Å². The minimum absolute atomic E-state index is 0.0508. The molecule has 0 rings (SSSR count). The summed E-state index contributed by atoms with van der Waals surface area (Å²) in [7, 11) is -4.82. The van der Waals surface area contributed by atoms with Crippen molar-refractivity contribution in [3.63, 3.8) is 0 Å². The van der Waals surface area contributed by atoms with Crippen LogP contribution < -0.4 is 0 Å².